The number of alkyl halides is 3. The Hall–Kier alpha value is -3.17. The molecule has 2 atom stereocenters. The molecule has 1 amide bonds. The number of methoxy groups -OCH3 is 1. The molecule has 0 unspecified atom stereocenters. The third-order valence-corrected chi connectivity index (χ3v) is 9.06. The maximum absolute atomic E-state index is 13.9. The van der Waals surface area contributed by atoms with Gasteiger partial charge in [0.2, 0.25) is 21.9 Å². The monoisotopic (exact) mass is 630 g/mol. The third kappa shape index (κ3) is 8.70. The number of nitrogens with zero attached hydrogens (tertiary/aromatic N) is 4. The van der Waals surface area contributed by atoms with Gasteiger partial charge in [-0.2, -0.15) is 22.5 Å². The number of sulfonamides is 1. The first-order valence-electron chi connectivity index (χ1n) is 13.7. The molecule has 0 radical (unpaired) electrons. The predicted molar refractivity (Wildman–Crippen MR) is 157 cm³/mol. The zero-order chi connectivity index (χ0) is 30.7. The standard InChI is InChI=1S/C27H37F3N6O5S.CH4/c1-35-13-11-18(12-14-35)32-24(37)17-9-10-20(23(15-17)40-3)33-26-31-16-19(27(28,29)30)25(34-26)41-22-8-6-5-7-21(22)36(2)42(4,38)39;/h9-10,15-16,18,21-22H,5-8,11-14H2,1-4H3,(H,32,37)(H,31,33,34);1H4/t21-,22-;/m1./s1. The Labute approximate surface area is 251 Å². The number of piperidine rings is 1. The van der Waals surface area contributed by atoms with Crippen LogP contribution in [-0.4, -0.2) is 92.2 Å². The summed E-state index contributed by atoms with van der Waals surface area (Å²) in [6.07, 6.45) is -0.0708. The minimum Gasteiger partial charge on any atom is -0.495 e. The van der Waals surface area contributed by atoms with Crippen molar-refractivity contribution in [1.29, 1.82) is 0 Å². The van der Waals surface area contributed by atoms with Gasteiger partial charge in [0.15, 0.2) is 0 Å². The number of anilines is 2. The lowest BCUT2D eigenvalue weighted by atomic mass is 9.92. The average Bonchev–Trinajstić information content (AvgIpc) is 2.93. The number of hydrogen-bond donors (Lipinski definition) is 2. The fourth-order valence-electron chi connectivity index (χ4n) is 5.21. The first-order chi connectivity index (χ1) is 19.8. The molecule has 2 fully saturated rings. The van der Waals surface area contributed by atoms with Crippen LogP contribution in [0.2, 0.25) is 0 Å². The van der Waals surface area contributed by atoms with Crippen molar-refractivity contribution in [3.8, 4) is 11.6 Å². The Bertz CT molecular complexity index is 1370. The molecule has 1 aliphatic carbocycles. The maximum atomic E-state index is 13.9. The number of likely N-dealkylation sites (tertiary alicyclic amines) is 1. The van der Waals surface area contributed by atoms with Gasteiger partial charge in [-0.25, -0.2) is 13.4 Å². The lowest BCUT2D eigenvalue weighted by Gasteiger charge is -2.36. The van der Waals surface area contributed by atoms with Crippen molar-refractivity contribution in [2.75, 3.05) is 45.9 Å². The number of aromatic nitrogens is 2. The van der Waals surface area contributed by atoms with Crippen molar-refractivity contribution in [3.05, 3.63) is 35.5 Å². The summed E-state index contributed by atoms with van der Waals surface area (Å²) in [4.78, 5) is 22.9. The van der Waals surface area contributed by atoms with Crippen LogP contribution >= 0.6 is 0 Å². The normalized spacial score (nSPS) is 20.3. The highest BCUT2D eigenvalue weighted by Gasteiger charge is 2.40. The van der Waals surface area contributed by atoms with Gasteiger partial charge in [-0.3, -0.25) is 4.79 Å². The highest BCUT2D eigenvalue weighted by molar-refractivity contribution is 7.88. The molecule has 1 aliphatic heterocycles. The second kappa shape index (κ2) is 14.1. The average molecular weight is 631 g/mol. The summed E-state index contributed by atoms with van der Waals surface area (Å²) >= 11 is 0. The van der Waals surface area contributed by atoms with Crippen LogP contribution in [0.15, 0.2) is 24.4 Å². The number of carbonyl (C=O) groups excluding carboxylic acids is 1. The lowest BCUT2D eigenvalue weighted by molar-refractivity contribution is -0.140. The molecule has 1 saturated carbocycles. The molecule has 11 nitrogen and oxygen atoms in total. The number of carbonyl (C=O) groups is 1. The third-order valence-electron chi connectivity index (χ3n) is 7.74. The van der Waals surface area contributed by atoms with Crippen LogP contribution in [0.1, 0.15) is 61.9 Å². The van der Waals surface area contributed by atoms with Crippen molar-refractivity contribution in [2.45, 2.75) is 70.3 Å². The summed E-state index contributed by atoms with van der Waals surface area (Å²) in [6.45, 7) is 1.79. The number of benzene rings is 1. The van der Waals surface area contributed by atoms with E-state index in [1.807, 2.05) is 7.05 Å². The fraction of sp³-hybridized carbons (Fsp3) is 0.607. The number of amides is 1. The number of nitrogens with one attached hydrogen (secondary N) is 2. The fourth-order valence-corrected chi connectivity index (χ4v) is 5.94. The van der Waals surface area contributed by atoms with Gasteiger partial charge in [0.1, 0.15) is 17.4 Å². The van der Waals surface area contributed by atoms with Gasteiger partial charge >= 0.3 is 6.18 Å². The van der Waals surface area contributed by atoms with E-state index in [2.05, 4.69) is 25.5 Å². The van der Waals surface area contributed by atoms with Gasteiger partial charge in [0, 0.05) is 24.8 Å². The highest BCUT2D eigenvalue weighted by atomic mass is 32.2. The summed E-state index contributed by atoms with van der Waals surface area (Å²) in [7, 11) is 1.23. The second-order valence-electron chi connectivity index (χ2n) is 10.8. The van der Waals surface area contributed by atoms with Crippen LogP contribution < -0.4 is 20.1 Å². The molecule has 1 saturated heterocycles. The Balaban J connectivity index is 0.00000506. The largest absolute Gasteiger partial charge is 0.495 e. The maximum Gasteiger partial charge on any atom is 0.423 e. The smallest absolute Gasteiger partial charge is 0.423 e. The first kappa shape index (κ1) is 34.3. The van der Waals surface area contributed by atoms with Crippen molar-refractivity contribution >= 4 is 27.6 Å². The number of rotatable bonds is 9. The molecule has 2 heterocycles. The summed E-state index contributed by atoms with van der Waals surface area (Å²) in [6, 6.07) is 4.08. The molecular formula is C28H41F3N6O5S. The summed E-state index contributed by atoms with van der Waals surface area (Å²) in [5.74, 6) is -0.883. The van der Waals surface area contributed by atoms with Gasteiger partial charge in [-0.05, 0) is 70.4 Å². The molecule has 4 rings (SSSR count). The van der Waals surface area contributed by atoms with Crippen LogP contribution in [0.3, 0.4) is 0 Å². The molecule has 240 valence electrons. The molecule has 15 heteroatoms. The molecule has 2 aliphatic rings. The molecule has 1 aromatic heterocycles. The molecular weight excluding hydrogens is 589 g/mol. The topological polar surface area (TPSA) is 126 Å². The zero-order valence-corrected chi connectivity index (χ0v) is 24.9. The van der Waals surface area contributed by atoms with E-state index in [1.165, 1.54) is 20.2 Å². The molecule has 43 heavy (non-hydrogen) atoms. The predicted octanol–water partition coefficient (Wildman–Crippen LogP) is 4.29. The van der Waals surface area contributed by atoms with E-state index >= 15 is 0 Å². The number of halogens is 3. The van der Waals surface area contributed by atoms with Crippen LogP contribution in [0, 0.1) is 0 Å². The number of hydrogen-bond acceptors (Lipinski definition) is 9. The molecule has 2 aromatic rings. The zero-order valence-electron chi connectivity index (χ0n) is 24.1. The Morgan fingerprint density at radius 1 is 1.14 bits per heavy atom. The minimum absolute atomic E-state index is 0. The van der Waals surface area contributed by atoms with E-state index in [-0.39, 0.29) is 31.1 Å². The first-order valence-corrected chi connectivity index (χ1v) is 15.6. The van der Waals surface area contributed by atoms with Gasteiger partial charge in [0.25, 0.3) is 5.91 Å². The Kier molecular flexibility index (Phi) is 11.2. The summed E-state index contributed by atoms with van der Waals surface area (Å²) in [5.41, 5.74) is -0.481. The lowest BCUT2D eigenvalue weighted by Crippen LogP contribution is -2.48. The number of ether oxygens (including phenoxy) is 2. The second-order valence-corrected chi connectivity index (χ2v) is 12.8. The number of likely N-dealkylation sites (N-methyl/N-ethyl adjacent to an activating group) is 1. The van der Waals surface area contributed by atoms with Gasteiger partial charge < -0.3 is 25.0 Å². The molecule has 2 N–H and O–H groups in total. The van der Waals surface area contributed by atoms with E-state index in [1.54, 1.807) is 12.1 Å². The van der Waals surface area contributed by atoms with E-state index in [9.17, 15) is 26.4 Å². The van der Waals surface area contributed by atoms with Crippen molar-refractivity contribution < 1.29 is 35.9 Å². The Morgan fingerprint density at radius 2 is 1.81 bits per heavy atom. The summed E-state index contributed by atoms with van der Waals surface area (Å²) in [5, 5.41) is 5.89. The van der Waals surface area contributed by atoms with Crippen molar-refractivity contribution in [3.63, 3.8) is 0 Å². The van der Waals surface area contributed by atoms with Crippen molar-refractivity contribution in [2.24, 2.45) is 0 Å². The molecule has 0 bridgehead atoms. The minimum atomic E-state index is -4.80. The SMILES string of the molecule is C.COc1cc(C(=O)NC2CCN(C)CC2)ccc1Nc1ncc(C(F)(F)F)c(O[C@@H]2CCCC[C@H]2N(C)S(C)(=O)=O)n1. The van der Waals surface area contributed by atoms with E-state index < -0.39 is 39.8 Å². The van der Waals surface area contributed by atoms with Gasteiger partial charge in [-0.15, -0.1) is 0 Å². The summed E-state index contributed by atoms with van der Waals surface area (Å²) < 4.78 is 78.4. The molecule has 0 spiro atoms. The van der Waals surface area contributed by atoms with E-state index in [0.717, 1.165) is 42.9 Å². The van der Waals surface area contributed by atoms with Crippen LogP contribution in [0.5, 0.6) is 11.6 Å². The van der Waals surface area contributed by atoms with E-state index in [0.29, 0.717) is 36.7 Å². The van der Waals surface area contributed by atoms with Gasteiger partial charge in [0.05, 0.1) is 25.1 Å². The van der Waals surface area contributed by atoms with Crippen molar-refractivity contribution in [1.82, 2.24) is 24.5 Å². The van der Waals surface area contributed by atoms with Crippen LogP contribution in [-0.2, 0) is 16.2 Å². The van der Waals surface area contributed by atoms with Gasteiger partial charge in [-0.1, -0.05) is 13.8 Å². The van der Waals surface area contributed by atoms with Crippen LogP contribution in [0.25, 0.3) is 0 Å². The van der Waals surface area contributed by atoms with E-state index in [4.69, 9.17) is 9.47 Å². The van der Waals surface area contributed by atoms with Crippen LogP contribution in [0.4, 0.5) is 24.8 Å². The quantitative estimate of drug-likeness (QED) is 0.417. The molecule has 1 aromatic carbocycles. The Morgan fingerprint density at radius 3 is 2.44 bits per heavy atom. The highest BCUT2D eigenvalue weighted by Crippen LogP contribution is 2.38.